The number of anilines is 1. The molecule has 0 aliphatic carbocycles. The Morgan fingerprint density at radius 2 is 1.96 bits per heavy atom. The van der Waals surface area contributed by atoms with Gasteiger partial charge in [-0.05, 0) is 34.5 Å². The molecule has 3 rings (SSSR count). The van der Waals surface area contributed by atoms with E-state index in [0.717, 1.165) is 11.3 Å². The number of aromatic amines is 1. The molecule has 0 radical (unpaired) electrons. The Morgan fingerprint density at radius 1 is 1.25 bits per heavy atom. The van der Waals surface area contributed by atoms with Crippen molar-refractivity contribution in [3.05, 3.63) is 57.8 Å². The maximum atomic E-state index is 12.6. The van der Waals surface area contributed by atoms with Crippen molar-refractivity contribution in [1.82, 2.24) is 15.2 Å². The van der Waals surface area contributed by atoms with Crippen molar-refractivity contribution in [3.8, 4) is 11.3 Å². The van der Waals surface area contributed by atoms with Crippen LogP contribution in [0.3, 0.4) is 0 Å². The van der Waals surface area contributed by atoms with Crippen molar-refractivity contribution in [2.75, 3.05) is 4.72 Å². The summed E-state index contributed by atoms with van der Waals surface area (Å²) in [5, 5.41) is 6.81. The third kappa shape index (κ3) is 3.31. The first kappa shape index (κ1) is 16.9. The Hall–Kier alpha value is -1.90. The summed E-state index contributed by atoms with van der Waals surface area (Å²) in [5.74, 6) is 0.213. The lowest BCUT2D eigenvalue weighted by molar-refractivity contribution is 0.600. The zero-order valence-electron chi connectivity index (χ0n) is 12.4. The molecule has 24 heavy (non-hydrogen) atoms. The molecule has 9 heteroatoms. The number of benzene rings is 1. The standard InChI is InChI=1S/C15H12BrClN4O2S/c1-9-13(10-5-3-2-4-6-10)19-20-15(9)21-24(22,23)12-7-11(16)8-18-14(12)17/h2-8H,1H3,(H2,19,20,21). The predicted octanol–water partition coefficient (Wildman–Crippen LogP) is 4.00. The van der Waals surface area contributed by atoms with E-state index in [1.807, 2.05) is 30.3 Å². The number of nitrogens with zero attached hydrogens (tertiary/aromatic N) is 2. The second-order valence-corrected chi connectivity index (χ2v) is 7.91. The Balaban J connectivity index is 1.97. The van der Waals surface area contributed by atoms with Crippen LogP contribution in [0.15, 0.2) is 52.0 Å². The fraction of sp³-hybridized carbons (Fsp3) is 0.0667. The Bertz CT molecular complexity index is 990. The lowest BCUT2D eigenvalue weighted by Gasteiger charge is -2.08. The molecule has 124 valence electrons. The summed E-state index contributed by atoms with van der Waals surface area (Å²) in [4.78, 5) is 3.71. The number of H-pyrrole nitrogens is 1. The van der Waals surface area contributed by atoms with Crippen LogP contribution in [0.1, 0.15) is 5.56 Å². The highest BCUT2D eigenvalue weighted by atomic mass is 79.9. The van der Waals surface area contributed by atoms with Gasteiger partial charge in [-0.15, -0.1) is 0 Å². The van der Waals surface area contributed by atoms with E-state index in [9.17, 15) is 8.42 Å². The van der Waals surface area contributed by atoms with Crippen molar-refractivity contribution < 1.29 is 8.42 Å². The van der Waals surface area contributed by atoms with Crippen LogP contribution in [0.2, 0.25) is 5.15 Å². The van der Waals surface area contributed by atoms with Gasteiger partial charge in [0.05, 0.1) is 5.69 Å². The predicted molar refractivity (Wildman–Crippen MR) is 96.5 cm³/mol. The summed E-state index contributed by atoms with van der Waals surface area (Å²) < 4.78 is 28.1. The first-order valence-corrected chi connectivity index (χ1v) is 9.48. The first-order chi connectivity index (χ1) is 11.4. The van der Waals surface area contributed by atoms with Gasteiger partial charge >= 0.3 is 0 Å². The fourth-order valence-corrected chi connectivity index (χ4v) is 4.17. The van der Waals surface area contributed by atoms with Crippen LogP contribution < -0.4 is 4.72 Å². The van der Waals surface area contributed by atoms with Crippen molar-refractivity contribution in [2.45, 2.75) is 11.8 Å². The molecule has 0 saturated heterocycles. The first-order valence-electron chi connectivity index (χ1n) is 6.83. The number of halogens is 2. The average Bonchev–Trinajstić information content (AvgIpc) is 2.91. The van der Waals surface area contributed by atoms with Crippen LogP contribution in [0.25, 0.3) is 11.3 Å². The van der Waals surface area contributed by atoms with Crippen LogP contribution in [0.4, 0.5) is 5.82 Å². The van der Waals surface area contributed by atoms with Gasteiger partial charge < -0.3 is 0 Å². The van der Waals surface area contributed by atoms with Gasteiger partial charge in [-0.3, -0.25) is 9.82 Å². The molecular formula is C15H12BrClN4O2S. The number of hydrogen-bond acceptors (Lipinski definition) is 4. The minimum atomic E-state index is -3.91. The molecule has 0 unspecified atom stereocenters. The molecule has 0 spiro atoms. The summed E-state index contributed by atoms with van der Waals surface area (Å²) in [6, 6.07) is 10.9. The van der Waals surface area contributed by atoms with Crippen LogP contribution >= 0.6 is 27.5 Å². The van der Waals surface area contributed by atoms with E-state index >= 15 is 0 Å². The van der Waals surface area contributed by atoms with E-state index in [2.05, 4.69) is 35.8 Å². The van der Waals surface area contributed by atoms with E-state index in [1.165, 1.54) is 12.3 Å². The monoisotopic (exact) mass is 426 g/mol. The molecule has 6 nitrogen and oxygen atoms in total. The second-order valence-electron chi connectivity index (χ2n) is 4.99. The topological polar surface area (TPSA) is 87.7 Å². The minimum Gasteiger partial charge on any atom is -0.275 e. The number of pyridine rings is 1. The third-order valence-electron chi connectivity index (χ3n) is 3.37. The number of hydrogen-bond donors (Lipinski definition) is 2. The Kier molecular flexibility index (Phi) is 4.62. The Labute approximate surface area is 152 Å². The molecular weight excluding hydrogens is 416 g/mol. The third-order valence-corrected chi connectivity index (χ3v) is 5.57. The van der Waals surface area contributed by atoms with Gasteiger partial charge in [0.15, 0.2) is 5.82 Å². The molecule has 0 atom stereocenters. The van der Waals surface area contributed by atoms with E-state index in [-0.39, 0.29) is 15.9 Å². The van der Waals surface area contributed by atoms with Gasteiger partial charge in [0.25, 0.3) is 10.0 Å². The van der Waals surface area contributed by atoms with Crippen molar-refractivity contribution in [3.63, 3.8) is 0 Å². The normalized spacial score (nSPS) is 11.5. The smallest absolute Gasteiger partial charge is 0.266 e. The molecule has 2 aromatic heterocycles. The molecule has 0 fully saturated rings. The number of aromatic nitrogens is 3. The van der Waals surface area contributed by atoms with E-state index < -0.39 is 10.0 Å². The van der Waals surface area contributed by atoms with Crippen LogP contribution in [-0.2, 0) is 10.0 Å². The van der Waals surface area contributed by atoms with Crippen molar-refractivity contribution in [1.29, 1.82) is 0 Å². The van der Waals surface area contributed by atoms with Crippen molar-refractivity contribution in [2.24, 2.45) is 0 Å². The van der Waals surface area contributed by atoms with E-state index in [1.54, 1.807) is 6.92 Å². The summed E-state index contributed by atoms with van der Waals surface area (Å²) in [6.45, 7) is 1.78. The SMILES string of the molecule is Cc1c(NS(=O)(=O)c2cc(Br)cnc2Cl)n[nH]c1-c1ccccc1. The molecule has 0 amide bonds. The second kappa shape index (κ2) is 6.54. The van der Waals surface area contributed by atoms with Gasteiger partial charge in [0, 0.05) is 16.2 Å². The van der Waals surface area contributed by atoms with E-state index in [4.69, 9.17) is 11.6 Å². The Morgan fingerprint density at radius 3 is 2.67 bits per heavy atom. The van der Waals surface area contributed by atoms with Gasteiger partial charge in [0.1, 0.15) is 10.0 Å². The molecule has 0 aliphatic rings. The van der Waals surface area contributed by atoms with Crippen LogP contribution in [0, 0.1) is 6.92 Å². The maximum Gasteiger partial charge on any atom is 0.266 e. The fourth-order valence-electron chi connectivity index (χ4n) is 2.16. The summed E-state index contributed by atoms with van der Waals surface area (Å²) >= 11 is 9.10. The molecule has 0 aliphatic heterocycles. The number of nitrogens with one attached hydrogen (secondary N) is 2. The minimum absolute atomic E-state index is 0.109. The summed E-state index contributed by atoms with van der Waals surface area (Å²) in [5.41, 5.74) is 2.34. The molecule has 0 saturated carbocycles. The zero-order valence-corrected chi connectivity index (χ0v) is 15.6. The zero-order chi connectivity index (χ0) is 17.3. The molecule has 1 aromatic carbocycles. The largest absolute Gasteiger partial charge is 0.275 e. The highest BCUT2D eigenvalue weighted by Gasteiger charge is 2.22. The number of rotatable bonds is 4. The summed E-state index contributed by atoms with van der Waals surface area (Å²) in [7, 11) is -3.91. The maximum absolute atomic E-state index is 12.6. The molecule has 2 N–H and O–H groups in total. The average molecular weight is 428 g/mol. The lowest BCUT2D eigenvalue weighted by atomic mass is 10.1. The highest BCUT2D eigenvalue weighted by molar-refractivity contribution is 9.10. The van der Waals surface area contributed by atoms with Gasteiger partial charge in [-0.2, -0.15) is 5.10 Å². The number of sulfonamides is 1. The molecule has 2 heterocycles. The van der Waals surface area contributed by atoms with Crippen LogP contribution in [0.5, 0.6) is 0 Å². The summed E-state index contributed by atoms with van der Waals surface area (Å²) in [6.07, 6.45) is 1.43. The highest BCUT2D eigenvalue weighted by Crippen LogP contribution is 2.29. The van der Waals surface area contributed by atoms with Crippen LogP contribution in [-0.4, -0.2) is 23.6 Å². The lowest BCUT2D eigenvalue weighted by Crippen LogP contribution is -2.15. The van der Waals surface area contributed by atoms with E-state index in [0.29, 0.717) is 10.0 Å². The van der Waals surface area contributed by atoms with Crippen molar-refractivity contribution >= 4 is 43.4 Å². The van der Waals surface area contributed by atoms with Gasteiger partial charge in [-0.25, -0.2) is 13.4 Å². The van der Waals surface area contributed by atoms with Gasteiger partial charge in [0.2, 0.25) is 0 Å². The quantitative estimate of drug-likeness (QED) is 0.616. The van der Waals surface area contributed by atoms with Gasteiger partial charge in [-0.1, -0.05) is 41.9 Å². The molecule has 3 aromatic rings. The molecule has 0 bridgehead atoms.